The molecule has 0 radical (unpaired) electrons. The summed E-state index contributed by atoms with van der Waals surface area (Å²) in [5.74, 6) is 1.58. The van der Waals surface area contributed by atoms with Crippen LogP contribution in [0.25, 0.3) is 11.1 Å². The van der Waals surface area contributed by atoms with Crippen LogP contribution in [-0.2, 0) is 12.8 Å². The number of ether oxygens (including phenoxy) is 1. The largest absolute Gasteiger partial charge is 0.497 e. The number of aromatic amines is 1. The van der Waals surface area contributed by atoms with Gasteiger partial charge in [0.2, 0.25) is 0 Å². The van der Waals surface area contributed by atoms with E-state index in [1.807, 2.05) is 24.3 Å². The molecule has 0 aliphatic carbocycles. The average Bonchev–Trinajstić information content (AvgIpc) is 2.60. The Bertz CT molecular complexity index is 799. The molecule has 3 heteroatoms. The average molecular weight is 305 g/mol. The molecule has 0 fully saturated rings. The molecule has 1 heterocycles. The van der Waals surface area contributed by atoms with Gasteiger partial charge in [0.1, 0.15) is 11.4 Å². The van der Waals surface area contributed by atoms with Crippen molar-refractivity contribution >= 4 is 5.82 Å². The zero-order valence-corrected chi connectivity index (χ0v) is 13.3. The normalized spacial score (nSPS) is 10.5. The van der Waals surface area contributed by atoms with Gasteiger partial charge in [0.25, 0.3) is 5.82 Å². The van der Waals surface area contributed by atoms with Gasteiger partial charge in [-0.15, -0.1) is 0 Å². The molecule has 0 bridgehead atoms. The van der Waals surface area contributed by atoms with E-state index in [1.165, 1.54) is 16.7 Å². The van der Waals surface area contributed by atoms with Crippen molar-refractivity contribution in [1.82, 2.24) is 0 Å². The van der Waals surface area contributed by atoms with Gasteiger partial charge in [-0.2, -0.15) is 0 Å². The summed E-state index contributed by atoms with van der Waals surface area (Å²) in [5, 5.41) is 0. The van der Waals surface area contributed by atoms with Crippen molar-refractivity contribution in [2.24, 2.45) is 0 Å². The molecule has 3 N–H and O–H groups in total. The SMILES string of the molecule is COc1cccc(-c2cccc(CCc3cccc(N)[nH+]3)c2)c1. The van der Waals surface area contributed by atoms with E-state index in [1.54, 1.807) is 7.11 Å². The molecule has 0 unspecified atom stereocenters. The number of nitrogen functional groups attached to an aromatic ring is 1. The number of methoxy groups -OCH3 is 1. The molecule has 23 heavy (non-hydrogen) atoms. The van der Waals surface area contributed by atoms with Crippen LogP contribution in [0.1, 0.15) is 11.3 Å². The van der Waals surface area contributed by atoms with Crippen LogP contribution in [0.5, 0.6) is 5.75 Å². The maximum absolute atomic E-state index is 5.79. The smallest absolute Gasteiger partial charge is 0.270 e. The zero-order valence-electron chi connectivity index (χ0n) is 13.3. The van der Waals surface area contributed by atoms with Gasteiger partial charge in [-0.3, -0.25) is 5.73 Å². The second-order valence-corrected chi connectivity index (χ2v) is 5.56. The molecule has 0 atom stereocenters. The molecule has 0 aliphatic heterocycles. The van der Waals surface area contributed by atoms with Gasteiger partial charge in [-0.05, 0) is 41.3 Å². The summed E-state index contributed by atoms with van der Waals surface area (Å²) in [5.41, 5.74) is 10.6. The highest BCUT2D eigenvalue weighted by atomic mass is 16.5. The van der Waals surface area contributed by atoms with Crippen molar-refractivity contribution in [2.45, 2.75) is 12.8 Å². The second kappa shape index (κ2) is 6.97. The number of hydrogen-bond acceptors (Lipinski definition) is 2. The number of pyridine rings is 1. The number of aromatic nitrogens is 1. The lowest BCUT2D eigenvalue weighted by Gasteiger charge is -2.07. The Kier molecular flexibility index (Phi) is 4.57. The molecule has 0 saturated carbocycles. The van der Waals surface area contributed by atoms with E-state index < -0.39 is 0 Å². The summed E-state index contributed by atoms with van der Waals surface area (Å²) < 4.78 is 5.31. The van der Waals surface area contributed by atoms with E-state index in [0.717, 1.165) is 24.3 Å². The van der Waals surface area contributed by atoms with Crippen molar-refractivity contribution in [3.05, 3.63) is 78.0 Å². The fourth-order valence-corrected chi connectivity index (χ4v) is 2.67. The fraction of sp³-hybridized carbons (Fsp3) is 0.150. The van der Waals surface area contributed by atoms with Crippen molar-refractivity contribution in [1.29, 1.82) is 0 Å². The lowest BCUT2D eigenvalue weighted by atomic mass is 10.00. The summed E-state index contributed by atoms with van der Waals surface area (Å²) in [6.07, 6.45) is 1.91. The Morgan fingerprint density at radius 3 is 2.39 bits per heavy atom. The molecule has 0 saturated heterocycles. The standard InChI is InChI=1S/C20H20N2O/c1-23-19-9-3-7-17(14-19)16-6-2-5-15(13-16)11-12-18-8-4-10-20(21)22-18/h2-10,13-14H,11-12H2,1H3,(H2,21,22)/p+1. The first-order valence-electron chi connectivity index (χ1n) is 7.74. The summed E-state index contributed by atoms with van der Waals surface area (Å²) in [6.45, 7) is 0. The highest BCUT2D eigenvalue weighted by Gasteiger charge is 2.04. The Labute approximate surface area is 136 Å². The van der Waals surface area contributed by atoms with Crippen molar-refractivity contribution < 1.29 is 9.72 Å². The van der Waals surface area contributed by atoms with Gasteiger partial charge in [0.15, 0.2) is 0 Å². The van der Waals surface area contributed by atoms with E-state index in [0.29, 0.717) is 5.82 Å². The molecule has 0 aliphatic rings. The van der Waals surface area contributed by atoms with E-state index in [-0.39, 0.29) is 0 Å². The number of benzene rings is 2. The molecular weight excluding hydrogens is 284 g/mol. The van der Waals surface area contributed by atoms with Gasteiger partial charge in [-0.1, -0.05) is 42.5 Å². The second-order valence-electron chi connectivity index (χ2n) is 5.56. The minimum absolute atomic E-state index is 0.702. The van der Waals surface area contributed by atoms with Gasteiger partial charge in [0.05, 0.1) is 7.11 Å². The zero-order chi connectivity index (χ0) is 16.1. The van der Waals surface area contributed by atoms with Crippen LogP contribution in [0, 0.1) is 0 Å². The summed E-state index contributed by atoms with van der Waals surface area (Å²) in [6, 6.07) is 22.7. The third-order valence-electron chi connectivity index (χ3n) is 3.89. The van der Waals surface area contributed by atoms with Crippen LogP contribution in [0.2, 0.25) is 0 Å². The molecule has 3 nitrogen and oxygen atoms in total. The molecule has 116 valence electrons. The molecule has 0 amide bonds. The predicted octanol–water partition coefficient (Wildman–Crippen LogP) is 3.54. The number of nitrogens with two attached hydrogens (primary N) is 1. The van der Waals surface area contributed by atoms with E-state index in [4.69, 9.17) is 10.5 Å². The first-order valence-corrected chi connectivity index (χ1v) is 7.74. The van der Waals surface area contributed by atoms with Crippen LogP contribution >= 0.6 is 0 Å². The first kappa shape index (κ1) is 15.1. The first-order chi connectivity index (χ1) is 11.2. The molecule has 3 rings (SSSR count). The van der Waals surface area contributed by atoms with E-state index in [2.05, 4.69) is 47.4 Å². The van der Waals surface area contributed by atoms with Gasteiger partial charge < -0.3 is 4.74 Å². The third kappa shape index (κ3) is 3.89. The Morgan fingerprint density at radius 1 is 0.870 bits per heavy atom. The van der Waals surface area contributed by atoms with Crippen LogP contribution in [0.3, 0.4) is 0 Å². The van der Waals surface area contributed by atoms with Gasteiger partial charge >= 0.3 is 0 Å². The maximum atomic E-state index is 5.79. The predicted molar refractivity (Wildman–Crippen MR) is 93.2 cm³/mol. The van der Waals surface area contributed by atoms with Crippen molar-refractivity contribution in [3.63, 3.8) is 0 Å². The highest BCUT2D eigenvalue weighted by Crippen LogP contribution is 2.24. The fourth-order valence-electron chi connectivity index (χ4n) is 2.67. The van der Waals surface area contributed by atoms with Crippen LogP contribution < -0.4 is 15.5 Å². The van der Waals surface area contributed by atoms with Crippen LogP contribution in [-0.4, -0.2) is 7.11 Å². The molecule has 0 spiro atoms. The molecular formula is C20H21N2O+. The number of aryl methyl sites for hydroxylation is 2. The lowest BCUT2D eigenvalue weighted by molar-refractivity contribution is -0.372. The monoisotopic (exact) mass is 305 g/mol. The number of hydrogen-bond donors (Lipinski definition) is 1. The topological polar surface area (TPSA) is 49.4 Å². The number of anilines is 1. The summed E-state index contributed by atoms with van der Waals surface area (Å²) >= 11 is 0. The van der Waals surface area contributed by atoms with E-state index >= 15 is 0 Å². The van der Waals surface area contributed by atoms with Crippen molar-refractivity contribution in [3.8, 4) is 16.9 Å². The highest BCUT2D eigenvalue weighted by molar-refractivity contribution is 5.65. The third-order valence-corrected chi connectivity index (χ3v) is 3.89. The number of rotatable bonds is 5. The minimum atomic E-state index is 0.702. The van der Waals surface area contributed by atoms with Gasteiger partial charge in [0, 0.05) is 12.5 Å². The Balaban J connectivity index is 1.77. The van der Waals surface area contributed by atoms with E-state index in [9.17, 15) is 0 Å². The molecule has 1 aromatic heterocycles. The lowest BCUT2D eigenvalue weighted by Crippen LogP contribution is -2.16. The summed E-state index contributed by atoms with van der Waals surface area (Å²) in [7, 11) is 1.69. The molecule has 2 aromatic carbocycles. The molecule has 3 aromatic rings. The quantitative estimate of drug-likeness (QED) is 0.783. The number of nitrogens with one attached hydrogen (secondary N) is 1. The summed E-state index contributed by atoms with van der Waals surface area (Å²) in [4.78, 5) is 3.20. The Morgan fingerprint density at radius 2 is 1.61 bits per heavy atom. The van der Waals surface area contributed by atoms with Gasteiger partial charge in [-0.25, -0.2) is 4.98 Å². The van der Waals surface area contributed by atoms with Crippen LogP contribution in [0.4, 0.5) is 5.82 Å². The van der Waals surface area contributed by atoms with Crippen molar-refractivity contribution in [2.75, 3.05) is 12.8 Å². The number of H-pyrrole nitrogens is 1. The maximum Gasteiger partial charge on any atom is 0.270 e. The van der Waals surface area contributed by atoms with Crippen LogP contribution in [0.15, 0.2) is 66.7 Å². The minimum Gasteiger partial charge on any atom is -0.497 e. The Hall–Kier alpha value is -2.81.